The number of rotatable bonds is 5. The Morgan fingerprint density at radius 2 is 2.14 bits per heavy atom. The second-order valence-electron chi connectivity index (χ2n) is 6.73. The number of benzene rings is 1. The molecule has 4 aromatic rings. The zero-order valence-corrected chi connectivity index (χ0v) is 17.3. The third-order valence-corrected chi connectivity index (χ3v) is 6.85. The number of aromatic nitrogens is 2. The molecule has 8 heteroatoms. The second kappa shape index (κ2) is 7.53. The average molecular weight is 423 g/mol. The maximum atomic E-state index is 13.1. The minimum Gasteiger partial charge on any atom is -0.467 e. The molecule has 0 aliphatic carbocycles. The standard InChI is InChI=1S/C21H18N4O2S2/c1-24-16-7-3-2-6-14(16)22-21(24)29-13-20(26)25-17(18-8-4-10-27-18)12-15(23-25)19-9-5-11-28-19/h2-11,17H,12-13H2,1H3. The van der Waals surface area contributed by atoms with Crippen molar-refractivity contribution >= 4 is 45.8 Å². The van der Waals surface area contributed by atoms with Gasteiger partial charge in [0.05, 0.1) is 33.6 Å². The monoisotopic (exact) mass is 422 g/mol. The molecule has 5 rings (SSSR count). The van der Waals surface area contributed by atoms with Crippen LogP contribution in [0, 0.1) is 0 Å². The number of carbonyl (C=O) groups is 1. The summed E-state index contributed by atoms with van der Waals surface area (Å²) in [6.45, 7) is 0. The van der Waals surface area contributed by atoms with E-state index in [0.717, 1.165) is 32.5 Å². The van der Waals surface area contributed by atoms with Gasteiger partial charge < -0.3 is 8.98 Å². The van der Waals surface area contributed by atoms with Crippen LogP contribution in [0.3, 0.4) is 0 Å². The molecule has 6 nitrogen and oxygen atoms in total. The van der Waals surface area contributed by atoms with E-state index in [1.54, 1.807) is 22.6 Å². The predicted octanol–water partition coefficient (Wildman–Crippen LogP) is 4.70. The summed E-state index contributed by atoms with van der Waals surface area (Å²) in [5, 5.41) is 9.06. The van der Waals surface area contributed by atoms with Gasteiger partial charge in [-0.25, -0.2) is 9.99 Å². The Balaban J connectivity index is 1.38. The summed E-state index contributed by atoms with van der Waals surface area (Å²) in [6.07, 6.45) is 2.28. The van der Waals surface area contributed by atoms with Crippen LogP contribution in [0.5, 0.6) is 0 Å². The lowest BCUT2D eigenvalue weighted by Crippen LogP contribution is -2.28. The van der Waals surface area contributed by atoms with Crippen LogP contribution >= 0.6 is 23.1 Å². The van der Waals surface area contributed by atoms with Gasteiger partial charge in [-0.3, -0.25) is 4.79 Å². The summed E-state index contributed by atoms with van der Waals surface area (Å²) in [4.78, 5) is 18.8. The number of thiophene rings is 1. The van der Waals surface area contributed by atoms with Crippen molar-refractivity contribution in [3.8, 4) is 0 Å². The highest BCUT2D eigenvalue weighted by Gasteiger charge is 2.35. The van der Waals surface area contributed by atoms with Gasteiger partial charge in [0, 0.05) is 13.5 Å². The summed E-state index contributed by atoms with van der Waals surface area (Å²) in [6, 6.07) is 15.5. The largest absolute Gasteiger partial charge is 0.467 e. The zero-order valence-electron chi connectivity index (χ0n) is 15.7. The molecule has 0 N–H and O–H groups in total. The van der Waals surface area contributed by atoms with Gasteiger partial charge >= 0.3 is 0 Å². The second-order valence-corrected chi connectivity index (χ2v) is 8.62. The Hall–Kier alpha value is -2.84. The first kappa shape index (κ1) is 18.2. The fourth-order valence-corrected chi connectivity index (χ4v) is 5.04. The van der Waals surface area contributed by atoms with Gasteiger partial charge in [-0.1, -0.05) is 30.0 Å². The molecule has 146 valence electrons. The highest BCUT2D eigenvalue weighted by Crippen LogP contribution is 2.35. The van der Waals surface area contributed by atoms with E-state index in [-0.39, 0.29) is 17.7 Å². The van der Waals surface area contributed by atoms with Crippen LogP contribution in [0.4, 0.5) is 0 Å². The molecule has 3 aromatic heterocycles. The number of furan rings is 1. The van der Waals surface area contributed by atoms with Crippen molar-refractivity contribution < 1.29 is 9.21 Å². The van der Waals surface area contributed by atoms with Gasteiger partial charge in [-0.15, -0.1) is 11.3 Å². The van der Waals surface area contributed by atoms with E-state index < -0.39 is 0 Å². The lowest BCUT2D eigenvalue weighted by molar-refractivity contribution is -0.130. The molecule has 1 aliphatic heterocycles. The van der Waals surface area contributed by atoms with Gasteiger partial charge in [0.15, 0.2) is 5.16 Å². The summed E-state index contributed by atoms with van der Waals surface area (Å²) < 4.78 is 7.61. The Bertz CT molecular complexity index is 1180. The van der Waals surface area contributed by atoms with Crippen LogP contribution < -0.4 is 0 Å². The van der Waals surface area contributed by atoms with Gasteiger partial charge in [0.1, 0.15) is 11.8 Å². The average Bonchev–Trinajstić information content (AvgIpc) is 3.52. The predicted molar refractivity (Wildman–Crippen MR) is 115 cm³/mol. The van der Waals surface area contributed by atoms with E-state index in [0.29, 0.717) is 6.42 Å². The van der Waals surface area contributed by atoms with Crippen molar-refractivity contribution in [3.05, 3.63) is 70.8 Å². The molecule has 0 fully saturated rings. The highest BCUT2D eigenvalue weighted by molar-refractivity contribution is 7.99. The van der Waals surface area contributed by atoms with E-state index in [1.165, 1.54) is 11.8 Å². The molecule has 4 heterocycles. The molecule has 1 aromatic carbocycles. The summed E-state index contributed by atoms with van der Waals surface area (Å²) in [5.41, 5.74) is 2.90. The summed E-state index contributed by atoms with van der Waals surface area (Å²) in [5.74, 6) is 0.951. The molecule has 1 atom stereocenters. The molecule has 1 unspecified atom stereocenters. The lowest BCUT2D eigenvalue weighted by Gasteiger charge is -2.19. The van der Waals surface area contributed by atoms with Crippen LogP contribution in [0.2, 0.25) is 0 Å². The van der Waals surface area contributed by atoms with E-state index >= 15 is 0 Å². The Morgan fingerprint density at radius 1 is 1.24 bits per heavy atom. The molecular formula is C21H18N4O2S2. The summed E-state index contributed by atoms with van der Waals surface area (Å²) >= 11 is 3.06. The molecule has 0 radical (unpaired) electrons. The number of carbonyl (C=O) groups excluding carboxylic acids is 1. The maximum absolute atomic E-state index is 13.1. The molecule has 0 saturated heterocycles. The van der Waals surface area contributed by atoms with Crippen molar-refractivity contribution in [2.75, 3.05) is 5.75 Å². The van der Waals surface area contributed by atoms with E-state index in [2.05, 4.69) is 10.1 Å². The Labute approximate surface area is 175 Å². The lowest BCUT2D eigenvalue weighted by atomic mass is 10.1. The van der Waals surface area contributed by atoms with Gasteiger partial charge in [0.25, 0.3) is 5.91 Å². The van der Waals surface area contributed by atoms with E-state index in [9.17, 15) is 4.79 Å². The molecule has 0 saturated carbocycles. The third-order valence-electron chi connectivity index (χ3n) is 4.91. The number of imidazole rings is 1. The molecule has 29 heavy (non-hydrogen) atoms. The molecule has 1 amide bonds. The molecule has 0 bridgehead atoms. The van der Waals surface area contributed by atoms with Crippen molar-refractivity contribution in [1.82, 2.24) is 14.6 Å². The van der Waals surface area contributed by atoms with Crippen LogP contribution in [0.15, 0.2) is 74.8 Å². The minimum absolute atomic E-state index is 0.0602. The number of fused-ring (bicyclic) bond motifs is 1. The van der Waals surface area contributed by atoms with Gasteiger partial charge in [-0.05, 0) is 35.7 Å². The van der Waals surface area contributed by atoms with Crippen molar-refractivity contribution in [3.63, 3.8) is 0 Å². The molecular weight excluding hydrogens is 404 g/mol. The minimum atomic E-state index is -0.212. The number of nitrogens with zero attached hydrogens (tertiary/aromatic N) is 4. The summed E-state index contributed by atoms with van der Waals surface area (Å²) in [7, 11) is 1.97. The van der Waals surface area contributed by atoms with Crippen LogP contribution in [0.25, 0.3) is 11.0 Å². The number of para-hydroxylation sites is 2. The highest BCUT2D eigenvalue weighted by atomic mass is 32.2. The number of aryl methyl sites for hydroxylation is 1. The van der Waals surface area contributed by atoms with E-state index in [1.807, 2.05) is 65.5 Å². The van der Waals surface area contributed by atoms with Gasteiger partial charge in [-0.2, -0.15) is 5.10 Å². The topological polar surface area (TPSA) is 63.6 Å². The fraction of sp³-hybridized carbons (Fsp3) is 0.190. The smallest absolute Gasteiger partial charge is 0.253 e. The molecule has 1 aliphatic rings. The first-order valence-electron chi connectivity index (χ1n) is 9.22. The number of hydrazone groups is 1. The zero-order chi connectivity index (χ0) is 19.8. The number of amides is 1. The van der Waals surface area contributed by atoms with Gasteiger partial charge in [0.2, 0.25) is 0 Å². The number of hydrogen-bond acceptors (Lipinski definition) is 6. The van der Waals surface area contributed by atoms with Crippen molar-refractivity contribution in [1.29, 1.82) is 0 Å². The first-order chi connectivity index (χ1) is 14.2. The van der Waals surface area contributed by atoms with Crippen LogP contribution in [-0.2, 0) is 11.8 Å². The van der Waals surface area contributed by atoms with Crippen molar-refractivity contribution in [2.45, 2.75) is 17.6 Å². The Morgan fingerprint density at radius 3 is 2.90 bits per heavy atom. The molecule has 0 spiro atoms. The SMILES string of the molecule is Cn1c(SCC(=O)N2N=C(c3cccs3)CC2c2ccco2)nc2ccccc21. The van der Waals surface area contributed by atoms with Crippen molar-refractivity contribution in [2.24, 2.45) is 12.1 Å². The van der Waals surface area contributed by atoms with E-state index in [4.69, 9.17) is 4.42 Å². The maximum Gasteiger partial charge on any atom is 0.253 e. The fourth-order valence-electron chi connectivity index (χ4n) is 3.48. The van der Waals surface area contributed by atoms with Crippen LogP contribution in [-0.4, -0.2) is 31.9 Å². The number of thioether (sulfide) groups is 1. The van der Waals surface area contributed by atoms with Crippen LogP contribution in [0.1, 0.15) is 23.1 Å². The normalized spacial score (nSPS) is 16.5. The Kier molecular flexibility index (Phi) is 4.73. The quantitative estimate of drug-likeness (QED) is 0.438. The number of hydrogen-bond donors (Lipinski definition) is 0. The first-order valence-corrected chi connectivity index (χ1v) is 11.1. The third kappa shape index (κ3) is 3.38.